The van der Waals surface area contributed by atoms with Crippen LogP contribution in [0.25, 0.3) is 0 Å². The highest BCUT2D eigenvalue weighted by molar-refractivity contribution is 5.97. The number of fused-ring (bicyclic) bond motifs is 1. The summed E-state index contributed by atoms with van der Waals surface area (Å²) in [6.45, 7) is 1.16. The Kier molecular flexibility index (Phi) is 5.46. The van der Waals surface area contributed by atoms with Crippen LogP contribution in [-0.2, 0) is 0 Å². The van der Waals surface area contributed by atoms with Crippen molar-refractivity contribution in [2.45, 2.75) is 18.4 Å². The third-order valence-corrected chi connectivity index (χ3v) is 5.99. The van der Waals surface area contributed by atoms with Gasteiger partial charge < -0.3 is 19.7 Å². The van der Waals surface area contributed by atoms with Crippen molar-refractivity contribution in [3.8, 4) is 17.2 Å². The molecule has 1 fully saturated rings. The molecular weight excluding hydrogens is 423 g/mol. The van der Waals surface area contributed by atoms with Crippen LogP contribution in [0.2, 0.25) is 0 Å². The third kappa shape index (κ3) is 4.39. The lowest BCUT2D eigenvalue weighted by Gasteiger charge is -2.42. The van der Waals surface area contributed by atoms with Gasteiger partial charge in [-0.2, -0.15) is 0 Å². The average Bonchev–Trinajstić information content (AvgIpc) is 2.96. The van der Waals surface area contributed by atoms with Gasteiger partial charge in [0.15, 0.2) is 0 Å². The lowest BCUT2D eigenvalue weighted by atomic mass is 9.91. The molecule has 2 amide bonds. The van der Waals surface area contributed by atoms with E-state index in [0.717, 1.165) is 12.2 Å². The van der Waals surface area contributed by atoms with E-state index in [9.17, 15) is 14.0 Å². The van der Waals surface area contributed by atoms with Crippen molar-refractivity contribution < 1.29 is 23.5 Å². The first-order chi connectivity index (χ1) is 16.0. The SMILES string of the molecule is O=C1NC[C@]2(CCCN(C(=O)c3ccc(Oc4ccccc4)cc3)C2)Oc2ccc(F)cc21. The van der Waals surface area contributed by atoms with Gasteiger partial charge in [0.25, 0.3) is 11.8 Å². The van der Waals surface area contributed by atoms with E-state index in [-0.39, 0.29) is 23.9 Å². The maximum atomic E-state index is 13.6. The molecule has 3 aromatic rings. The number of halogens is 1. The Morgan fingerprint density at radius 1 is 1.03 bits per heavy atom. The van der Waals surface area contributed by atoms with Crippen LogP contribution in [0.4, 0.5) is 4.39 Å². The molecule has 2 aliphatic rings. The van der Waals surface area contributed by atoms with E-state index in [1.54, 1.807) is 29.2 Å². The second-order valence-electron chi connectivity index (χ2n) is 8.38. The summed E-state index contributed by atoms with van der Waals surface area (Å²) in [6, 6.07) is 20.4. The Bertz CT molecular complexity index is 1180. The third-order valence-electron chi connectivity index (χ3n) is 5.99. The Morgan fingerprint density at radius 3 is 2.58 bits per heavy atom. The number of likely N-dealkylation sites (tertiary alicyclic amines) is 1. The van der Waals surface area contributed by atoms with Crippen LogP contribution in [0.3, 0.4) is 0 Å². The maximum absolute atomic E-state index is 13.6. The van der Waals surface area contributed by atoms with E-state index >= 15 is 0 Å². The van der Waals surface area contributed by atoms with Gasteiger partial charge in [-0.05, 0) is 67.4 Å². The Morgan fingerprint density at radius 2 is 1.79 bits per heavy atom. The highest BCUT2D eigenvalue weighted by Gasteiger charge is 2.42. The molecule has 0 radical (unpaired) electrons. The summed E-state index contributed by atoms with van der Waals surface area (Å²) in [5.74, 6) is 0.721. The fourth-order valence-corrected chi connectivity index (χ4v) is 4.35. The van der Waals surface area contributed by atoms with Crippen LogP contribution in [0.15, 0.2) is 72.8 Å². The van der Waals surface area contributed by atoms with E-state index in [4.69, 9.17) is 9.47 Å². The minimum atomic E-state index is -0.761. The zero-order valence-electron chi connectivity index (χ0n) is 17.9. The van der Waals surface area contributed by atoms with Crippen molar-refractivity contribution in [2.24, 2.45) is 0 Å². The van der Waals surface area contributed by atoms with Crippen molar-refractivity contribution >= 4 is 11.8 Å². The number of hydrogen-bond donors (Lipinski definition) is 1. The lowest BCUT2D eigenvalue weighted by Crippen LogP contribution is -2.57. The molecule has 33 heavy (non-hydrogen) atoms. The van der Waals surface area contributed by atoms with Crippen molar-refractivity contribution in [1.82, 2.24) is 10.2 Å². The van der Waals surface area contributed by atoms with Crippen LogP contribution in [-0.4, -0.2) is 41.9 Å². The fourth-order valence-electron chi connectivity index (χ4n) is 4.35. The summed E-state index contributed by atoms with van der Waals surface area (Å²) >= 11 is 0. The normalized spacial score (nSPS) is 19.8. The first-order valence-electron chi connectivity index (χ1n) is 10.9. The molecule has 1 saturated heterocycles. The summed E-state index contributed by atoms with van der Waals surface area (Å²) in [5, 5.41) is 2.83. The average molecular weight is 446 g/mol. The van der Waals surface area contributed by atoms with Crippen LogP contribution in [0.1, 0.15) is 33.6 Å². The van der Waals surface area contributed by atoms with Gasteiger partial charge in [0.2, 0.25) is 0 Å². The zero-order valence-corrected chi connectivity index (χ0v) is 17.9. The Hall–Kier alpha value is -3.87. The van der Waals surface area contributed by atoms with Crippen molar-refractivity contribution in [3.05, 3.63) is 89.7 Å². The number of hydrogen-bond acceptors (Lipinski definition) is 4. The molecule has 1 N–H and O–H groups in total. The first kappa shape index (κ1) is 21.0. The molecule has 6 nitrogen and oxygen atoms in total. The summed E-state index contributed by atoms with van der Waals surface area (Å²) in [7, 11) is 0. The smallest absolute Gasteiger partial charge is 0.255 e. The number of para-hydroxylation sites is 1. The van der Waals surface area contributed by atoms with Gasteiger partial charge in [-0.3, -0.25) is 9.59 Å². The Labute approximate surface area is 190 Å². The largest absolute Gasteiger partial charge is 0.483 e. The molecule has 7 heteroatoms. The molecule has 2 heterocycles. The second kappa shape index (κ2) is 8.58. The van der Waals surface area contributed by atoms with Crippen LogP contribution in [0.5, 0.6) is 17.2 Å². The molecule has 1 spiro atoms. The van der Waals surface area contributed by atoms with Crippen LogP contribution >= 0.6 is 0 Å². The number of rotatable bonds is 3. The number of carbonyl (C=O) groups excluding carboxylic acids is 2. The van der Waals surface area contributed by atoms with E-state index < -0.39 is 11.4 Å². The number of piperidine rings is 1. The number of nitrogens with zero attached hydrogens (tertiary/aromatic N) is 1. The number of amides is 2. The lowest BCUT2D eigenvalue weighted by molar-refractivity contribution is -0.000887. The predicted molar refractivity (Wildman–Crippen MR) is 120 cm³/mol. The molecule has 0 saturated carbocycles. The molecular formula is C26H23FN2O4. The van der Waals surface area contributed by atoms with Crippen molar-refractivity contribution in [3.63, 3.8) is 0 Å². The topological polar surface area (TPSA) is 67.9 Å². The van der Waals surface area contributed by atoms with Gasteiger partial charge in [0.05, 0.1) is 18.7 Å². The van der Waals surface area contributed by atoms with Gasteiger partial charge in [-0.25, -0.2) is 4.39 Å². The molecule has 0 aromatic heterocycles. The highest BCUT2D eigenvalue weighted by Crippen LogP contribution is 2.33. The minimum absolute atomic E-state index is 0.112. The predicted octanol–water partition coefficient (Wildman–Crippen LogP) is 4.42. The van der Waals surface area contributed by atoms with Crippen molar-refractivity contribution in [1.29, 1.82) is 0 Å². The van der Waals surface area contributed by atoms with Crippen molar-refractivity contribution in [2.75, 3.05) is 19.6 Å². The number of nitrogens with one attached hydrogen (secondary N) is 1. The van der Waals surface area contributed by atoms with E-state index in [1.165, 1.54) is 18.2 Å². The molecule has 0 aliphatic carbocycles. The number of ether oxygens (including phenoxy) is 2. The molecule has 5 rings (SSSR count). The van der Waals surface area contributed by atoms with Gasteiger partial charge in [-0.15, -0.1) is 0 Å². The number of carbonyl (C=O) groups is 2. The molecule has 168 valence electrons. The quantitative estimate of drug-likeness (QED) is 0.647. The van der Waals surface area contributed by atoms with Crippen LogP contribution in [0, 0.1) is 5.82 Å². The van der Waals surface area contributed by atoms with Crippen LogP contribution < -0.4 is 14.8 Å². The highest BCUT2D eigenvalue weighted by atomic mass is 19.1. The minimum Gasteiger partial charge on any atom is -0.483 e. The van der Waals surface area contributed by atoms with E-state index in [0.29, 0.717) is 36.6 Å². The molecule has 1 atom stereocenters. The summed E-state index contributed by atoms with van der Waals surface area (Å²) in [4.78, 5) is 27.4. The molecule has 0 bridgehead atoms. The zero-order chi connectivity index (χ0) is 22.8. The summed E-state index contributed by atoms with van der Waals surface area (Å²) in [5.41, 5.74) is -0.0415. The summed E-state index contributed by atoms with van der Waals surface area (Å²) in [6.07, 6.45) is 1.41. The Balaban J connectivity index is 1.32. The molecule has 2 aliphatic heterocycles. The van der Waals surface area contributed by atoms with E-state index in [2.05, 4.69) is 5.32 Å². The second-order valence-corrected chi connectivity index (χ2v) is 8.38. The fraction of sp³-hybridized carbons (Fsp3) is 0.231. The van der Waals surface area contributed by atoms with E-state index in [1.807, 2.05) is 30.3 Å². The van der Waals surface area contributed by atoms with Gasteiger partial charge in [0, 0.05) is 12.1 Å². The standard InChI is InChI=1S/C26H23FN2O4/c27-19-9-12-23-22(15-19)24(30)28-16-26(33-23)13-4-14-29(17-26)25(31)18-7-10-21(11-8-18)32-20-5-2-1-3-6-20/h1-3,5-12,15H,4,13-14,16-17H2,(H,28,30)/t26-/m0/s1. The molecule has 3 aromatic carbocycles. The van der Waals surface area contributed by atoms with Gasteiger partial charge >= 0.3 is 0 Å². The monoisotopic (exact) mass is 446 g/mol. The van der Waals surface area contributed by atoms with Gasteiger partial charge in [0.1, 0.15) is 28.7 Å². The summed E-state index contributed by atoms with van der Waals surface area (Å²) < 4.78 is 25.7. The maximum Gasteiger partial charge on any atom is 0.255 e. The van der Waals surface area contributed by atoms with Gasteiger partial charge in [-0.1, -0.05) is 18.2 Å². The first-order valence-corrected chi connectivity index (χ1v) is 10.9. The number of benzene rings is 3. The molecule has 0 unspecified atom stereocenters.